The van der Waals surface area contributed by atoms with Crippen LogP contribution in [-0.2, 0) is 11.2 Å². The Morgan fingerprint density at radius 1 is 1.19 bits per heavy atom. The molecule has 0 radical (unpaired) electrons. The number of hydrogen-bond acceptors (Lipinski definition) is 3. The van der Waals surface area contributed by atoms with Gasteiger partial charge in [0, 0.05) is 19.4 Å². The first kappa shape index (κ1) is 16.8. The van der Waals surface area contributed by atoms with Gasteiger partial charge in [0.25, 0.3) is 0 Å². The highest BCUT2D eigenvalue weighted by molar-refractivity contribution is 6.00. The van der Waals surface area contributed by atoms with Gasteiger partial charge < -0.3 is 9.64 Å². The van der Waals surface area contributed by atoms with Crippen molar-refractivity contribution in [1.82, 2.24) is 4.90 Å². The molecular formula is C22H23NO3. The van der Waals surface area contributed by atoms with Gasteiger partial charge in [-0.25, -0.2) is 0 Å². The number of aryl methyl sites for hydroxylation is 2. The fourth-order valence-corrected chi connectivity index (χ4v) is 4.01. The predicted octanol–water partition coefficient (Wildman–Crippen LogP) is 3.56. The number of amides is 1. The number of Topliss-reactive ketones (excluding diaryl/α,β-unsaturated/α-hetero) is 1. The van der Waals surface area contributed by atoms with E-state index >= 15 is 0 Å². The van der Waals surface area contributed by atoms with Crippen LogP contribution >= 0.6 is 0 Å². The lowest BCUT2D eigenvalue weighted by Gasteiger charge is -2.34. The van der Waals surface area contributed by atoms with Crippen LogP contribution in [0.25, 0.3) is 0 Å². The van der Waals surface area contributed by atoms with Crippen molar-refractivity contribution >= 4 is 11.7 Å². The molecule has 1 amide bonds. The number of hydrogen-bond donors (Lipinski definition) is 0. The van der Waals surface area contributed by atoms with Crippen molar-refractivity contribution in [3.63, 3.8) is 0 Å². The minimum Gasteiger partial charge on any atom is -0.484 e. The molecule has 1 saturated heterocycles. The van der Waals surface area contributed by atoms with Crippen LogP contribution in [0.3, 0.4) is 0 Å². The van der Waals surface area contributed by atoms with Crippen LogP contribution in [0.2, 0.25) is 0 Å². The van der Waals surface area contributed by atoms with E-state index in [4.69, 9.17) is 4.74 Å². The third-order valence-corrected chi connectivity index (χ3v) is 5.38. The Labute approximate surface area is 153 Å². The first-order valence-electron chi connectivity index (χ1n) is 9.19. The van der Waals surface area contributed by atoms with Crippen LogP contribution in [0.4, 0.5) is 0 Å². The molecule has 1 fully saturated rings. The summed E-state index contributed by atoms with van der Waals surface area (Å²) in [5.41, 5.74) is 2.50. The van der Waals surface area contributed by atoms with Crippen molar-refractivity contribution in [3.8, 4) is 5.75 Å². The van der Waals surface area contributed by atoms with Gasteiger partial charge in [-0.05, 0) is 31.0 Å². The molecule has 0 aromatic heterocycles. The molecule has 1 atom stereocenters. The molecule has 2 aromatic rings. The lowest BCUT2D eigenvalue weighted by atomic mass is 9.89. The fourth-order valence-electron chi connectivity index (χ4n) is 4.01. The average molecular weight is 349 g/mol. The standard InChI is InChI=1S/C22H23NO3/c1-16-5-4-6-17(13-16)9-10-21(25)23-12-11-22(15-23)14-19(24)18-7-2-3-8-20(18)26-22/h2-8,13H,9-12,14-15H2,1H3. The zero-order valence-corrected chi connectivity index (χ0v) is 15.0. The number of para-hydroxylation sites is 1. The van der Waals surface area contributed by atoms with E-state index in [0.29, 0.717) is 43.7 Å². The summed E-state index contributed by atoms with van der Waals surface area (Å²) >= 11 is 0. The van der Waals surface area contributed by atoms with Crippen LogP contribution in [-0.4, -0.2) is 35.3 Å². The molecule has 1 unspecified atom stereocenters. The quantitative estimate of drug-likeness (QED) is 0.851. The molecule has 2 aromatic carbocycles. The highest BCUT2D eigenvalue weighted by Crippen LogP contribution is 2.38. The van der Waals surface area contributed by atoms with Gasteiger partial charge in [-0.2, -0.15) is 0 Å². The lowest BCUT2D eigenvalue weighted by Crippen LogP contribution is -2.45. The molecule has 26 heavy (non-hydrogen) atoms. The Balaban J connectivity index is 1.40. The first-order valence-corrected chi connectivity index (χ1v) is 9.19. The Morgan fingerprint density at radius 3 is 2.88 bits per heavy atom. The summed E-state index contributed by atoms with van der Waals surface area (Å²) in [6.07, 6.45) is 2.30. The summed E-state index contributed by atoms with van der Waals surface area (Å²) in [5, 5.41) is 0. The Bertz CT molecular complexity index is 860. The Kier molecular flexibility index (Phi) is 4.27. The highest BCUT2D eigenvalue weighted by Gasteiger charge is 2.46. The van der Waals surface area contributed by atoms with E-state index in [0.717, 1.165) is 6.42 Å². The number of benzene rings is 2. The smallest absolute Gasteiger partial charge is 0.223 e. The molecule has 0 N–H and O–H groups in total. The first-order chi connectivity index (χ1) is 12.5. The van der Waals surface area contributed by atoms with E-state index in [9.17, 15) is 9.59 Å². The zero-order valence-electron chi connectivity index (χ0n) is 15.0. The summed E-state index contributed by atoms with van der Waals surface area (Å²) in [7, 11) is 0. The van der Waals surface area contributed by atoms with E-state index in [1.54, 1.807) is 0 Å². The van der Waals surface area contributed by atoms with Crippen molar-refractivity contribution in [1.29, 1.82) is 0 Å². The van der Waals surface area contributed by atoms with Gasteiger partial charge >= 0.3 is 0 Å². The van der Waals surface area contributed by atoms with Crippen molar-refractivity contribution in [3.05, 3.63) is 65.2 Å². The molecule has 0 saturated carbocycles. The summed E-state index contributed by atoms with van der Waals surface area (Å²) < 4.78 is 6.19. The minimum absolute atomic E-state index is 0.112. The van der Waals surface area contributed by atoms with Gasteiger partial charge in [0.1, 0.15) is 11.4 Å². The number of carbonyl (C=O) groups is 2. The summed E-state index contributed by atoms with van der Waals surface area (Å²) in [6.45, 7) is 3.21. The molecular weight excluding hydrogens is 326 g/mol. The topological polar surface area (TPSA) is 46.6 Å². The molecule has 4 heteroatoms. The minimum atomic E-state index is -0.551. The summed E-state index contributed by atoms with van der Waals surface area (Å²) in [6, 6.07) is 15.7. The number of rotatable bonds is 3. The molecule has 4 rings (SSSR count). The molecule has 0 bridgehead atoms. The molecule has 4 nitrogen and oxygen atoms in total. The second-order valence-electron chi connectivity index (χ2n) is 7.44. The third kappa shape index (κ3) is 3.24. The van der Waals surface area contributed by atoms with Crippen LogP contribution < -0.4 is 4.74 Å². The third-order valence-electron chi connectivity index (χ3n) is 5.38. The largest absolute Gasteiger partial charge is 0.484 e. The van der Waals surface area contributed by atoms with Crippen LogP contribution in [0.5, 0.6) is 5.75 Å². The van der Waals surface area contributed by atoms with Crippen LogP contribution in [0.1, 0.15) is 40.7 Å². The maximum atomic E-state index is 12.6. The van der Waals surface area contributed by atoms with Gasteiger partial charge in [0.2, 0.25) is 5.91 Å². The number of ketones is 1. The molecule has 2 aliphatic heterocycles. The van der Waals surface area contributed by atoms with E-state index in [1.165, 1.54) is 11.1 Å². The number of fused-ring (bicyclic) bond motifs is 1. The highest BCUT2D eigenvalue weighted by atomic mass is 16.5. The number of carbonyl (C=O) groups excluding carboxylic acids is 2. The lowest BCUT2D eigenvalue weighted by molar-refractivity contribution is -0.130. The van der Waals surface area contributed by atoms with E-state index < -0.39 is 5.60 Å². The van der Waals surface area contributed by atoms with E-state index in [-0.39, 0.29) is 11.7 Å². The van der Waals surface area contributed by atoms with Crippen molar-refractivity contribution in [2.45, 2.75) is 38.2 Å². The van der Waals surface area contributed by atoms with Crippen molar-refractivity contribution in [2.24, 2.45) is 0 Å². The second-order valence-corrected chi connectivity index (χ2v) is 7.44. The molecule has 2 aliphatic rings. The van der Waals surface area contributed by atoms with Gasteiger partial charge in [-0.15, -0.1) is 0 Å². The van der Waals surface area contributed by atoms with Crippen LogP contribution in [0.15, 0.2) is 48.5 Å². The van der Waals surface area contributed by atoms with E-state index in [2.05, 4.69) is 25.1 Å². The number of ether oxygens (including phenoxy) is 1. The maximum absolute atomic E-state index is 12.6. The predicted molar refractivity (Wildman–Crippen MR) is 99.4 cm³/mol. The Morgan fingerprint density at radius 2 is 2.04 bits per heavy atom. The van der Waals surface area contributed by atoms with Crippen LogP contribution in [0, 0.1) is 6.92 Å². The summed E-state index contributed by atoms with van der Waals surface area (Å²) in [5.74, 6) is 0.900. The maximum Gasteiger partial charge on any atom is 0.223 e. The van der Waals surface area contributed by atoms with Gasteiger partial charge in [-0.3, -0.25) is 9.59 Å². The summed E-state index contributed by atoms with van der Waals surface area (Å²) in [4.78, 5) is 27.0. The number of likely N-dealkylation sites (tertiary alicyclic amines) is 1. The monoisotopic (exact) mass is 349 g/mol. The fraction of sp³-hybridized carbons (Fsp3) is 0.364. The average Bonchev–Trinajstić information content (AvgIpc) is 3.03. The van der Waals surface area contributed by atoms with Crippen molar-refractivity contribution < 1.29 is 14.3 Å². The molecule has 0 aliphatic carbocycles. The molecule has 2 heterocycles. The van der Waals surface area contributed by atoms with Gasteiger partial charge in [0.15, 0.2) is 5.78 Å². The Hall–Kier alpha value is -2.62. The molecule has 134 valence electrons. The van der Waals surface area contributed by atoms with Crippen molar-refractivity contribution in [2.75, 3.05) is 13.1 Å². The van der Waals surface area contributed by atoms with Gasteiger partial charge in [-0.1, -0.05) is 42.0 Å². The van der Waals surface area contributed by atoms with Gasteiger partial charge in [0.05, 0.1) is 18.5 Å². The molecule has 1 spiro atoms. The SMILES string of the molecule is Cc1cccc(CCC(=O)N2CCC3(CC(=O)c4ccccc4O3)C2)c1. The zero-order chi connectivity index (χ0) is 18.1. The second kappa shape index (κ2) is 6.60. The van der Waals surface area contributed by atoms with E-state index in [1.807, 2.05) is 35.2 Å². The number of nitrogens with zero attached hydrogens (tertiary/aromatic N) is 1. The normalized spacial score (nSPS) is 21.6.